The van der Waals surface area contributed by atoms with Crippen molar-refractivity contribution >= 4 is 47.2 Å². The number of benzene rings is 1. The van der Waals surface area contributed by atoms with Crippen LogP contribution in [-0.4, -0.2) is 37.4 Å². The lowest BCUT2D eigenvalue weighted by Gasteiger charge is -2.15. The topological polar surface area (TPSA) is 56.7 Å². The van der Waals surface area contributed by atoms with Gasteiger partial charge in [-0.2, -0.15) is 0 Å². The van der Waals surface area contributed by atoms with Crippen molar-refractivity contribution in [2.75, 3.05) is 20.6 Å². The number of aryl methyl sites for hydroxylation is 1. The molecule has 0 saturated carbocycles. The number of nitrogens with one attached hydrogen (secondary N) is 2. The number of hydrogen-bond donors (Lipinski definition) is 2. The minimum atomic E-state index is 0. The van der Waals surface area contributed by atoms with Crippen LogP contribution >= 0.6 is 35.3 Å². The molecule has 2 rings (SSSR count). The molecule has 0 bridgehead atoms. The molecule has 7 heteroatoms. The molecule has 2 aromatic rings. The van der Waals surface area contributed by atoms with Crippen LogP contribution in [0.4, 0.5) is 0 Å². The Hall–Kier alpha value is -1.61. The second-order valence-corrected chi connectivity index (χ2v) is 6.89. The normalized spacial score (nSPS) is 10.8. The summed E-state index contributed by atoms with van der Waals surface area (Å²) in [6, 6.07) is 12.4. The number of guanidine groups is 1. The molecule has 0 unspecified atom stereocenters. The Morgan fingerprint density at radius 1 is 1.12 bits per heavy atom. The van der Waals surface area contributed by atoms with Gasteiger partial charge in [-0.05, 0) is 29.0 Å². The first kappa shape index (κ1) is 22.4. The van der Waals surface area contributed by atoms with Gasteiger partial charge in [-0.25, -0.2) is 4.99 Å². The van der Waals surface area contributed by atoms with E-state index in [0.717, 1.165) is 6.42 Å². The van der Waals surface area contributed by atoms with E-state index in [0.29, 0.717) is 19.0 Å². The van der Waals surface area contributed by atoms with E-state index in [9.17, 15) is 4.79 Å². The maximum atomic E-state index is 11.8. The van der Waals surface area contributed by atoms with Crippen LogP contribution in [0.25, 0.3) is 0 Å². The van der Waals surface area contributed by atoms with E-state index in [4.69, 9.17) is 0 Å². The first-order valence-corrected chi connectivity index (χ1v) is 9.29. The summed E-state index contributed by atoms with van der Waals surface area (Å²) in [7, 11) is 3.49. The lowest BCUT2D eigenvalue weighted by Crippen LogP contribution is -2.42. The molecule has 1 amide bonds. The number of halogens is 1. The molecular weight excluding hydrogens is 459 g/mol. The second-order valence-electron chi connectivity index (χ2n) is 5.86. The summed E-state index contributed by atoms with van der Waals surface area (Å²) in [4.78, 5) is 19.3. The largest absolute Gasteiger partial charge is 0.351 e. The maximum Gasteiger partial charge on any atom is 0.241 e. The zero-order chi connectivity index (χ0) is 18.1. The molecule has 5 nitrogen and oxygen atoms in total. The number of nitrogens with zero attached hydrogens (tertiary/aromatic N) is 2. The molecule has 0 aliphatic rings. The average Bonchev–Trinajstić information content (AvgIpc) is 3.14. The molecule has 1 heterocycles. The van der Waals surface area contributed by atoms with E-state index in [1.54, 1.807) is 30.3 Å². The number of thiophene rings is 1. The number of carbonyl (C=O) groups is 1. The summed E-state index contributed by atoms with van der Waals surface area (Å²) in [5, 5.41) is 8.48. The van der Waals surface area contributed by atoms with Gasteiger partial charge in [0.15, 0.2) is 5.96 Å². The maximum absolute atomic E-state index is 11.8. The van der Waals surface area contributed by atoms with E-state index >= 15 is 0 Å². The van der Waals surface area contributed by atoms with Gasteiger partial charge in [-0.3, -0.25) is 4.79 Å². The van der Waals surface area contributed by atoms with E-state index in [-0.39, 0.29) is 36.4 Å². The van der Waals surface area contributed by atoms with Crippen molar-refractivity contribution in [1.29, 1.82) is 0 Å². The smallest absolute Gasteiger partial charge is 0.241 e. The Balaban J connectivity index is 0.00000338. The van der Waals surface area contributed by atoms with Crippen molar-refractivity contribution < 1.29 is 4.79 Å². The van der Waals surface area contributed by atoms with Crippen molar-refractivity contribution in [2.45, 2.75) is 26.4 Å². The fraction of sp³-hybridized carbons (Fsp3) is 0.368. The van der Waals surface area contributed by atoms with E-state index in [1.807, 2.05) is 17.5 Å². The molecule has 0 aliphatic carbocycles. The molecular formula is C19H27IN4OS. The molecule has 0 aliphatic heterocycles. The van der Waals surface area contributed by atoms with E-state index < -0.39 is 0 Å². The van der Waals surface area contributed by atoms with Gasteiger partial charge in [-0.1, -0.05) is 37.3 Å². The number of hydrogen-bond acceptors (Lipinski definition) is 3. The first-order valence-electron chi connectivity index (χ1n) is 8.41. The second kappa shape index (κ2) is 11.9. The molecule has 0 fully saturated rings. The molecule has 142 valence electrons. The van der Waals surface area contributed by atoms with Gasteiger partial charge < -0.3 is 15.5 Å². The number of likely N-dealkylation sites (N-methyl/N-ethyl adjacent to an activating group) is 1. The SMILES string of the molecule is CCc1ccccc1CN=C(NCC(=O)N(C)C)NCc1cccs1.I. The van der Waals surface area contributed by atoms with Gasteiger partial charge in [0.25, 0.3) is 0 Å². The number of carbonyl (C=O) groups excluding carboxylic acids is 1. The van der Waals surface area contributed by atoms with Crippen molar-refractivity contribution in [3.63, 3.8) is 0 Å². The Kier molecular flexibility index (Phi) is 10.3. The summed E-state index contributed by atoms with van der Waals surface area (Å²) in [6.45, 7) is 3.64. The van der Waals surface area contributed by atoms with Crippen molar-refractivity contribution in [3.8, 4) is 0 Å². The number of rotatable bonds is 7. The fourth-order valence-electron chi connectivity index (χ4n) is 2.30. The Morgan fingerprint density at radius 2 is 1.85 bits per heavy atom. The van der Waals surface area contributed by atoms with Gasteiger partial charge in [0, 0.05) is 19.0 Å². The lowest BCUT2D eigenvalue weighted by molar-refractivity contribution is -0.127. The van der Waals surface area contributed by atoms with Crippen LogP contribution in [0.5, 0.6) is 0 Å². The van der Waals surface area contributed by atoms with Crippen LogP contribution in [0.2, 0.25) is 0 Å². The van der Waals surface area contributed by atoms with Crippen molar-refractivity contribution in [3.05, 3.63) is 57.8 Å². The number of amides is 1. The van der Waals surface area contributed by atoms with Gasteiger partial charge in [-0.15, -0.1) is 35.3 Å². The van der Waals surface area contributed by atoms with Crippen molar-refractivity contribution in [1.82, 2.24) is 15.5 Å². The highest BCUT2D eigenvalue weighted by Gasteiger charge is 2.07. The first-order chi connectivity index (χ1) is 12.1. The van der Waals surface area contributed by atoms with Crippen LogP contribution in [0, 0.1) is 0 Å². The summed E-state index contributed by atoms with van der Waals surface area (Å²) < 4.78 is 0. The lowest BCUT2D eigenvalue weighted by atomic mass is 10.1. The zero-order valence-corrected chi connectivity index (χ0v) is 18.6. The summed E-state index contributed by atoms with van der Waals surface area (Å²) in [5.41, 5.74) is 2.51. The average molecular weight is 486 g/mol. The molecule has 1 aromatic heterocycles. The third-order valence-electron chi connectivity index (χ3n) is 3.82. The quantitative estimate of drug-likeness (QED) is 0.359. The van der Waals surface area contributed by atoms with Crippen molar-refractivity contribution in [2.24, 2.45) is 4.99 Å². The van der Waals surface area contributed by atoms with E-state index in [2.05, 4.69) is 46.8 Å². The Bertz CT molecular complexity index is 701. The summed E-state index contributed by atoms with van der Waals surface area (Å²) in [5.74, 6) is 0.661. The van der Waals surface area contributed by atoms with Crippen LogP contribution in [-0.2, 0) is 24.3 Å². The predicted molar refractivity (Wildman–Crippen MR) is 120 cm³/mol. The van der Waals surface area contributed by atoms with Gasteiger partial charge in [0.1, 0.15) is 0 Å². The molecule has 0 radical (unpaired) electrons. The van der Waals surface area contributed by atoms with Crippen LogP contribution < -0.4 is 10.6 Å². The van der Waals surface area contributed by atoms with Crippen LogP contribution in [0.1, 0.15) is 22.9 Å². The predicted octanol–water partition coefficient (Wildman–Crippen LogP) is 3.25. The third kappa shape index (κ3) is 7.33. The molecule has 0 spiro atoms. The van der Waals surface area contributed by atoms with Crippen LogP contribution in [0.3, 0.4) is 0 Å². The standard InChI is InChI=1S/C19H26N4OS.HI/c1-4-15-8-5-6-9-16(15)12-20-19(22-14-18(24)23(2)3)21-13-17-10-7-11-25-17;/h5-11H,4,12-14H2,1-3H3,(H2,20,21,22);1H. The summed E-state index contributed by atoms with van der Waals surface area (Å²) in [6.07, 6.45) is 0.982. The molecule has 0 atom stereocenters. The number of aliphatic imine (C=N–C) groups is 1. The summed E-state index contributed by atoms with van der Waals surface area (Å²) >= 11 is 1.69. The molecule has 0 saturated heterocycles. The third-order valence-corrected chi connectivity index (χ3v) is 4.70. The molecule has 26 heavy (non-hydrogen) atoms. The highest BCUT2D eigenvalue weighted by Crippen LogP contribution is 2.11. The monoisotopic (exact) mass is 486 g/mol. The molecule has 2 N–H and O–H groups in total. The highest BCUT2D eigenvalue weighted by molar-refractivity contribution is 14.0. The van der Waals surface area contributed by atoms with Gasteiger partial charge in [0.2, 0.25) is 5.91 Å². The minimum absolute atomic E-state index is 0. The van der Waals surface area contributed by atoms with E-state index in [1.165, 1.54) is 16.0 Å². The van der Waals surface area contributed by atoms with Crippen LogP contribution in [0.15, 0.2) is 46.8 Å². The molecule has 1 aromatic carbocycles. The Labute approximate surface area is 176 Å². The van der Waals surface area contributed by atoms with Gasteiger partial charge in [0.05, 0.1) is 19.6 Å². The van der Waals surface area contributed by atoms with Gasteiger partial charge >= 0.3 is 0 Å². The minimum Gasteiger partial charge on any atom is -0.351 e. The Morgan fingerprint density at radius 3 is 2.46 bits per heavy atom. The zero-order valence-electron chi connectivity index (χ0n) is 15.5. The highest BCUT2D eigenvalue weighted by atomic mass is 127. The fourth-order valence-corrected chi connectivity index (χ4v) is 2.94.